The monoisotopic (exact) mass is 235 g/mol. The minimum Gasteiger partial charge on any atom is -0.481 e. The van der Waals surface area contributed by atoms with Crippen molar-refractivity contribution in [3.63, 3.8) is 0 Å². The van der Waals surface area contributed by atoms with Crippen LogP contribution in [-0.2, 0) is 9.31 Å². The Morgan fingerprint density at radius 3 is 2.24 bits per heavy atom. The Kier molecular flexibility index (Phi) is 2.91. The molecule has 1 saturated heterocycles. The molecule has 0 unspecified atom stereocenters. The molecular formula is C12H18BNO3. The first-order valence-electron chi connectivity index (χ1n) is 5.72. The first-order chi connectivity index (χ1) is 7.86. The molecule has 2 heterocycles. The van der Waals surface area contributed by atoms with Gasteiger partial charge in [-0.1, -0.05) is 6.07 Å². The number of nitrogens with zero attached hydrogens (tertiary/aromatic N) is 1. The van der Waals surface area contributed by atoms with Crippen molar-refractivity contribution in [3.05, 3.63) is 18.2 Å². The fraction of sp³-hybridized carbons (Fsp3) is 0.583. The molecule has 1 aromatic rings. The highest BCUT2D eigenvalue weighted by atomic mass is 16.7. The summed E-state index contributed by atoms with van der Waals surface area (Å²) in [6, 6.07) is 5.56. The van der Waals surface area contributed by atoms with E-state index >= 15 is 0 Å². The van der Waals surface area contributed by atoms with Crippen molar-refractivity contribution in [2.45, 2.75) is 38.9 Å². The standard InChI is InChI=1S/C12H18BNO3/c1-11(2)12(3,4)17-13(16-11)9-7-6-8-10(14-9)15-5/h6-8H,1-5H3. The van der Waals surface area contributed by atoms with Crippen LogP contribution in [0.25, 0.3) is 0 Å². The molecule has 1 aliphatic rings. The highest BCUT2D eigenvalue weighted by molar-refractivity contribution is 6.61. The molecule has 4 nitrogen and oxygen atoms in total. The summed E-state index contributed by atoms with van der Waals surface area (Å²) in [6.45, 7) is 8.08. The van der Waals surface area contributed by atoms with Crippen LogP contribution in [-0.4, -0.2) is 30.4 Å². The molecule has 0 N–H and O–H groups in total. The molecule has 2 rings (SSSR count). The molecule has 0 saturated carbocycles. The van der Waals surface area contributed by atoms with Crippen molar-refractivity contribution in [1.29, 1.82) is 0 Å². The van der Waals surface area contributed by atoms with Gasteiger partial charge in [-0.25, -0.2) is 4.98 Å². The zero-order valence-electron chi connectivity index (χ0n) is 11.0. The molecule has 5 heteroatoms. The minimum atomic E-state index is -0.435. The Morgan fingerprint density at radius 1 is 1.12 bits per heavy atom. The molecule has 0 amide bonds. The van der Waals surface area contributed by atoms with Gasteiger partial charge in [-0.15, -0.1) is 0 Å². The third-order valence-electron chi connectivity index (χ3n) is 3.45. The predicted molar refractivity (Wildman–Crippen MR) is 66.5 cm³/mol. The fourth-order valence-electron chi connectivity index (χ4n) is 1.64. The van der Waals surface area contributed by atoms with E-state index in [4.69, 9.17) is 14.0 Å². The molecule has 0 aliphatic carbocycles. The largest absolute Gasteiger partial charge is 0.514 e. The lowest BCUT2D eigenvalue weighted by molar-refractivity contribution is 0.00578. The van der Waals surface area contributed by atoms with Gasteiger partial charge in [-0.05, 0) is 33.8 Å². The normalized spacial score (nSPS) is 21.6. The van der Waals surface area contributed by atoms with Gasteiger partial charge < -0.3 is 14.0 Å². The summed E-state index contributed by atoms with van der Waals surface area (Å²) in [7, 11) is 1.16. The Morgan fingerprint density at radius 2 is 1.71 bits per heavy atom. The number of pyridine rings is 1. The van der Waals surface area contributed by atoms with E-state index in [1.807, 2.05) is 39.8 Å². The van der Waals surface area contributed by atoms with Crippen LogP contribution in [0.1, 0.15) is 27.7 Å². The minimum absolute atomic E-state index is 0.345. The first kappa shape index (κ1) is 12.4. The SMILES string of the molecule is COc1cccc(B2OC(C)(C)C(C)(C)O2)n1. The summed E-state index contributed by atoms with van der Waals surface area (Å²) in [4.78, 5) is 4.33. The van der Waals surface area contributed by atoms with Gasteiger partial charge in [0.2, 0.25) is 5.88 Å². The topological polar surface area (TPSA) is 40.6 Å². The van der Waals surface area contributed by atoms with Crippen LogP contribution in [0.5, 0.6) is 5.88 Å². The van der Waals surface area contributed by atoms with E-state index in [0.29, 0.717) is 5.88 Å². The maximum atomic E-state index is 5.91. The summed E-state index contributed by atoms with van der Waals surface area (Å²) in [6.07, 6.45) is 0. The summed E-state index contributed by atoms with van der Waals surface area (Å²) >= 11 is 0. The van der Waals surface area contributed by atoms with Crippen molar-refractivity contribution in [2.24, 2.45) is 0 Å². The van der Waals surface area contributed by atoms with E-state index in [9.17, 15) is 0 Å². The van der Waals surface area contributed by atoms with E-state index < -0.39 is 7.12 Å². The second kappa shape index (κ2) is 4.00. The molecule has 0 spiro atoms. The number of ether oxygens (including phenoxy) is 1. The van der Waals surface area contributed by atoms with Gasteiger partial charge in [0, 0.05) is 6.07 Å². The lowest BCUT2D eigenvalue weighted by Gasteiger charge is -2.32. The van der Waals surface area contributed by atoms with Gasteiger partial charge in [0.15, 0.2) is 0 Å². The maximum absolute atomic E-state index is 5.91. The van der Waals surface area contributed by atoms with Gasteiger partial charge in [0.25, 0.3) is 0 Å². The molecule has 1 aromatic heterocycles. The van der Waals surface area contributed by atoms with Crippen LogP contribution in [0.4, 0.5) is 0 Å². The Bertz CT molecular complexity index is 404. The van der Waals surface area contributed by atoms with E-state index in [-0.39, 0.29) is 11.2 Å². The second-order valence-electron chi connectivity index (χ2n) is 5.19. The summed E-state index contributed by atoms with van der Waals surface area (Å²) in [5.74, 6) is 0.567. The summed E-state index contributed by atoms with van der Waals surface area (Å²) in [5, 5.41) is 0. The summed E-state index contributed by atoms with van der Waals surface area (Å²) < 4.78 is 16.9. The Hall–Kier alpha value is -1.07. The number of methoxy groups -OCH3 is 1. The van der Waals surface area contributed by atoms with Crippen LogP contribution in [0.2, 0.25) is 0 Å². The van der Waals surface area contributed by atoms with E-state index in [2.05, 4.69) is 4.98 Å². The molecule has 1 fully saturated rings. The smallest absolute Gasteiger partial charge is 0.481 e. The van der Waals surface area contributed by atoms with Crippen LogP contribution in [0, 0.1) is 0 Å². The van der Waals surface area contributed by atoms with Crippen molar-refractivity contribution in [3.8, 4) is 5.88 Å². The third-order valence-corrected chi connectivity index (χ3v) is 3.45. The molecule has 1 aliphatic heterocycles. The molecule has 0 bridgehead atoms. The highest BCUT2D eigenvalue weighted by Crippen LogP contribution is 2.36. The van der Waals surface area contributed by atoms with Gasteiger partial charge in [-0.3, -0.25) is 0 Å². The quantitative estimate of drug-likeness (QED) is 0.726. The highest BCUT2D eigenvalue weighted by Gasteiger charge is 2.52. The van der Waals surface area contributed by atoms with Crippen LogP contribution in [0.15, 0.2) is 18.2 Å². The van der Waals surface area contributed by atoms with E-state index in [1.165, 1.54) is 0 Å². The number of hydrogen-bond acceptors (Lipinski definition) is 4. The van der Waals surface area contributed by atoms with Gasteiger partial charge in [0.1, 0.15) is 0 Å². The van der Waals surface area contributed by atoms with Gasteiger partial charge >= 0.3 is 7.12 Å². The van der Waals surface area contributed by atoms with Crippen LogP contribution in [0.3, 0.4) is 0 Å². The number of aromatic nitrogens is 1. The number of hydrogen-bond donors (Lipinski definition) is 0. The molecule has 17 heavy (non-hydrogen) atoms. The van der Waals surface area contributed by atoms with Crippen molar-refractivity contribution in [1.82, 2.24) is 4.98 Å². The lowest BCUT2D eigenvalue weighted by Crippen LogP contribution is -2.41. The number of rotatable bonds is 2. The van der Waals surface area contributed by atoms with E-state index in [0.717, 1.165) is 5.59 Å². The molecule has 0 radical (unpaired) electrons. The average Bonchev–Trinajstić information content (AvgIpc) is 2.48. The molecule has 0 aromatic carbocycles. The average molecular weight is 235 g/mol. The summed E-state index contributed by atoms with van der Waals surface area (Å²) in [5.41, 5.74) is 0.0493. The Balaban J connectivity index is 2.25. The van der Waals surface area contributed by atoms with E-state index in [1.54, 1.807) is 13.2 Å². The second-order valence-corrected chi connectivity index (χ2v) is 5.19. The lowest BCUT2D eigenvalue weighted by atomic mass is 9.84. The van der Waals surface area contributed by atoms with Gasteiger partial charge in [-0.2, -0.15) is 0 Å². The molecular weight excluding hydrogens is 217 g/mol. The first-order valence-corrected chi connectivity index (χ1v) is 5.72. The van der Waals surface area contributed by atoms with Crippen molar-refractivity contribution < 1.29 is 14.0 Å². The van der Waals surface area contributed by atoms with Crippen molar-refractivity contribution in [2.75, 3.05) is 7.11 Å². The molecule has 92 valence electrons. The van der Waals surface area contributed by atoms with Gasteiger partial charge in [0.05, 0.1) is 23.9 Å². The zero-order valence-corrected chi connectivity index (χ0v) is 11.0. The molecule has 0 atom stereocenters. The fourth-order valence-corrected chi connectivity index (χ4v) is 1.64. The maximum Gasteiger partial charge on any atom is 0.514 e. The Labute approximate surface area is 102 Å². The zero-order chi connectivity index (χ0) is 12.7. The predicted octanol–water partition coefficient (Wildman–Crippen LogP) is 1.39. The third kappa shape index (κ3) is 2.17. The van der Waals surface area contributed by atoms with Crippen LogP contribution >= 0.6 is 0 Å². The van der Waals surface area contributed by atoms with Crippen LogP contribution < -0.4 is 10.3 Å². The van der Waals surface area contributed by atoms with Crippen molar-refractivity contribution >= 4 is 12.7 Å².